The van der Waals surface area contributed by atoms with Crippen LogP contribution in [-0.2, 0) is 0 Å². The minimum atomic E-state index is 0.430. The Morgan fingerprint density at radius 3 is 1.61 bits per heavy atom. The van der Waals surface area contributed by atoms with Gasteiger partial charge in [0.1, 0.15) is 0 Å². The average Bonchev–Trinajstić information content (AvgIpc) is 2.85. The summed E-state index contributed by atoms with van der Waals surface area (Å²) < 4.78 is 1.44. The van der Waals surface area contributed by atoms with E-state index >= 15 is 0 Å². The molecule has 0 saturated carbocycles. The number of hydrogen-bond acceptors (Lipinski definition) is 0. The molecule has 4 aromatic rings. The molecular formula is C30H24Se. The van der Waals surface area contributed by atoms with Gasteiger partial charge >= 0.3 is 192 Å². The summed E-state index contributed by atoms with van der Waals surface area (Å²) in [6, 6.07) is 42.4. The van der Waals surface area contributed by atoms with Crippen LogP contribution in [0.15, 0.2) is 127 Å². The van der Waals surface area contributed by atoms with Gasteiger partial charge in [0.25, 0.3) is 0 Å². The Bertz CT molecular complexity index is 1120. The summed E-state index contributed by atoms with van der Waals surface area (Å²) in [5.74, 6) is 6.97. The van der Waals surface area contributed by atoms with Crippen LogP contribution < -0.4 is 4.46 Å². The third-order valence-corrected chi connectivity index (χ3v) is 7.05. The van der Waals surface area contributed by atoms with E-state index in [2.05, 4.69) is 115 Å². The summed E-state index contributed by atoms with van der Waals surface area (Å²) in [4.78, 5) is 0. The Morgan fingerprint density at radius 1 is 0.581 bits per heavy atom. The van der Waals surface area contributed by atoms with Crippen molar-refractivity contribution in [1.29, 1.82) is 0 Å². The van der Waals surface area contributed by atoms with Gasteiger partial charge in [-0.2, -0.15) is 0 Å². The summed E-state index contributed by atoms with van der Waals surface area (Å²) in [6.07, 6.45) is 0.966. The van der Waals surface area contributed by atoms with Crippen molar-refractivity contribution < 1.29 is 0 Å². The van der Waals surface area contributed by atoms with Crippen molar-refractivity contribution in [2.24, 2.45) is 0 Å². The normalized spacial score (nSPS) is 10.1. The quantitative estimate of drug-likeness (QED) is 0.230. The molecule has 0 nitrogen and oxygen atoms in total. The molecule has 0 bridgehead atoms. The fourth-order valence-corrected chi connectivity index (χ4v) is 5.30. The van der Waals surface area contributed by atoms with Gasteiger partial charge in [0.15, 0.2) is 0 Å². The Labute approximate surface area is 191 Å². The second-order valence-corrected chi connectivity index (χ2v) is 9.56. The van der Waals surface area contributed by atoms with Crippen LogP contribution in [-0.4, -0.2) is 15.0 Å². The number of benzene rings is 4. The standard InChI is InChI=1S/C30H24Se/c1-5-13-25(14-6-1)21-22-28(23-24-31-29-19-11-4-12-20-29)30(26-15-7-2-8-16-26)27-17-9-3-10-18-27/h1-20H,23-24H2. The summed E-state index contributed by atoms with van der Waals surface area (Å²) >= 11 is 0.430. The Morgan fingerprint density at radius 2 is 1.06 bits per heavy atom. The van der Waals surface area contributed by atoms with E-state index in [0.29, 0.717) is 15.0 Å². The van der Waals surface area contributed by atoms with E-state index in [9.17, 15) is 0 Å². The molecule has 0 heterocycles. The first-order chi connectivity index (χ1) is 15.4. The van der Waals surface area contributed by atoms with Crippen LogP contribution in [0.4, 0.5) is 0 Å². The fraction of sp³-hybridized carbons (Fsp3) is 0.0667. The monoisotopic (exact) mass is 464 g/mol. The molecule has 0 aliphatic rings. The first-order valence-corrected chi connectivity index (χ1v) is 12.6. The maximum atomic E-state index is 3.56. The van der Waals surface area contributed by atoms with Gasteiger partial charge in [-0.15, -0.1) is 0 Å². The summed E-state index contributed by atoms with van der Waals surface area (Å²) in [6.45, 7) is 0. The van der Waals surface area contributed by atoms with Crippen molar-refractivity contribution in [2.45, 2.75) is 11.7 Å². The van der Waals surface area contributed by atoms with Crippen molar-refractivity contribution in [3.05, 3.63) is 144 Å². The minimum absolute atomic E-state index is 0.430. The van der Waals surface area contributed by atoms with Gasteiger partial charge in [0.05, 0.1) is 0 Å². The molecule has 1 heteroatoms. The molecule has 0 aromatic heterocycles. The zero-order chi connectivity index (χ0) is 21.1. The van der Waals surface area contributed by atoms with Crippen LogP contribution >= 0.6 is 0 Å². The molecule has 0 radical (unpaired) electrons. The molecule has 0 aliphatic heterocycles. The SMILES string of the molecule is C(#Cc1ccccc1)C(CC[Se]c1ccccc1)=C(c1ccccc1)c1ccccc1. The van der Waals surface area contributed by atoms with E-state index < -0.39 is 0 Å². The third kappa shape index (κ3) is 6.09. The molecule has 0 saturated heterocycles. The molecule has 0 atom stereocenters. The van der Waals surface area contributed by atoms with Gasteiger partial charge in [0.2, 0.25) is 0 Å². The molecular weight excluding hydrogens is 439 g/mol. The predicted octanol–water partition coefficient (Wildman–Crippen LogP) is 6.38. The van der Waals surface area contributed by atoms with E-state index in [1.807, 2.05) is 18.2 Å². The third-order valence-electron chi connectivity index (χ3n) is 4.92. The van der Waals surface area contributed by atoms with Gasteiger partial charge in [-0.1, -0.05) is 0 Å². The molecule has 4 aromatic carbocycles. The van der Waals surface area contributed by atoms with E-state index in [-0.39, 0.29) is 0 Å². The average molecular weight is 463 g/mol. The second kappa shape index (κ2) is 11.2. The Balaban J connectivity index is 1.75. The van der Waals surface area contributed by atoms with Crippen LogP contribution in [0.5, 0.6) is 0 Å². The molecule has 0 N–H and O–H groups in total. The van der Waals surface area contributed by atoms with Crippen molar-refractivity contribution in [1.82, 2.24) is 0 Å². The zero-order valence-corrected chi connectivity index (χ0v) is 19.1. The van der Waals surface area contributed by atoms with Gasteiger partial charge in [-0.05, 0) is 0 Å². The van der Waals surface area contributed by atoms with Crippen LogP contribution in [0.1, 0.15) is 23.1 Å². The van der Waals surface area contributed by atoms with Crippen LogP contribution in [0, 0.1) is 11.8 Å². The van der Waals surface area contributed by atoms with Crippen molar-refractivity contribution in [3.63, 3.8) is 0 Å². The molecule has 0 unspecified atom stereocenters. The summed E-state index contributed by atoms with van der Waals surface area (Å²) in [7, 11) is 0. The summed E-state index contributed by atoms with van der Waals surface area (Å²) in [5.41, 5.74) is 5.94. The zero-order valence-electron chi connectivity index (χ0n) is 17.4. The van der Waals surface area contributed by atoms with Crippen LogP contribution in [0.25, 0.3) is 5.57 Å². The molecule has 31 heavy (non-hydrogen) atoms. The molecule has 4 rings (SSSR count). The summed E-state index contributed by atoms with van der Waals surface area (Å²) in [5, 5.41) is 1.12. The van der Waals surface area contributed by atoms with Crippen molar-refractivity contribution in [2.75, 3.05) is 0 Å². The van der Waals surface area contributed by atoms with E-state index in [0.717, 1.165) is 17.3 Å². The molecule has 0 aliphatic carbocycles. The van der Waals surface area contributed by atoms with Crippen molar-refractivity contribution in [3.8, 4) is 11.8 Å². The first-order valence-electron chi connectivity index (χ1n) is 10.5. The van der Waals surface area contributed by atoms with Gasteiger partial charge in [-0.25, -0.2) is 0 Å². The Kier molecular flexibility index (Phi) is 7.56. The van der Waals surface area contributed by atoms with Crippen LogP contribution in [0.3, 0.4) is 0 Å². The van der Waals surface area contributed by atoms with Crippen LogP contribution in [0.2, 0.25) is 5.32 Å². The first kappa shape index (κ1) is 21.0. The molecule has 0 spiro atoms. The fourth-order valence-electron chi connectivity index (χ4n) is 3.43. The number of allylic oxidation sites excluding steroid dienone is 1. The number of rotatable bonds is 6. The molecule has 0 amide bonds. The van der Waals surface area contributed by atoms with E-state index in [1.165, 1.54) is 26.7 Å². The molecule has 150 valence electrons. The van der Waals surface area contributed by atoms with Gasteiger partial charge < -0.3 is 0 Å². The van der Waals surface area contributed by atoms with Crippen molar-refractivity contribution >= 4 is 25.0 Å². The topological polar surface area (TPSA) is 0 Å². The molecule has 0 fully saturated rings. The predicted molar refractivity (Wildman–Crippen MR) is 133 cm³/mol. The Hall–Kier alpha value is -3.30. The maximum absolute atomic E-state index is 3.56. The second-order valence-electron chi connectivity index (χ2n) is 7.11. The van der Waals surface area contributed by atoms with E-state index in [4.69, 9.17) is 0 Å². The number of hydrogen-bond donors (Lipinski definition) is 0. The van der Waals surface area contributed by atoms with Gasteiger partial charge in [0, 0.05) is 0 Å². The van der Waals surface area contributed by atoms with Gasteiger partial charge in [-0.3, -0.25) is 0 Å². The van der Waals surface area contributed by atoms with E-state index in [1.54, 1.807) is 0 Å².